The van der Waals surface area contributed by atoms with Crippen LogP contribution in [0.3, 0.4) is 0 Å². The number of carbonyl (C=O) groups excluding carboxylic acids is 1. The van der Waals surface area contributed by atoms with Crippen LogP contribution in [-0.4, -0.2) is 10.9 Å². The summed E-state index contributed by atoms with van der Waals surface area (Å²) >= 11 is 0. The van der Waals surface area contributed by atoms with E-state index in [0.29, 0.717) is 5.69 Å². The molecule has 4 aromatic rings. The molecule has 2 unspecified atom stereocenters. The largest absolute Gasteiger partial charge is 0.508 e. The molecule has 0 saturated heterocycles. The lowest BCUT2D eigenvalue weighted by molar-refractivity contribution is 0.0957. The molecule has 0 amide bonds. The highest BCUT2D eigenvalue weighted by atomic mass is 16.3. The van der Waals surface area contributed by atoms with Crippen LogP contribution in [0.2, 0.25) is 0 Å². The second-order valence-corrected chi connectivity index (χ2v) is 7.73. The summed E-state index contributed by atoms with van der Waals surface area (Å²) in [6, 6.07) is 32.7. The molecule has 1 aliphatic rings. The molecule has 3 N–H and O–H groups in total. The lowest BCUT2D eigenvalue weighted by Gasteiger charge is -2.37. The number of carbonyl (C=O) groups is 1. The Bertz CT molecular complexity index is 1170. The minimum atomic E-state index is -0.726. The number of nitrogens with two attached hydrogens (primary N) is 1. The molecule has 30 heavy (non-hydrogen) atoms. The molecule has 0 bridgehead atoms. The van der Waals surface area contributed by atoms with Crippen LogP contribution in [0.15, 0.2) is 103 Å². The van der Waals surface area contributed by atoms with E-state index < -0.39 is 11.3 Å². The molecule has 3 nitrogen and oxygen atoms in total. The molecule has 0 fully saturated rings. The molecule has 1 aliphatic carbocycles. The van der Waals surface area contributed by atoms with Crippen LogP contribution in [-0.2, 0) is 5.41 Å². The van der Waals surface area contributed by atoms with E-state index in [0.717, 1.165) is 27.8 Å². The van der Waals surface area contributed by atoms with E-state index in [1.54, 1.807) is 12.1 Å². The van der Waals surface area contributed by atoms with Gasteiger partial charge in [-0.05, 0) is 46.5 Å². The SMILES string of the molecule is Nc1ccc(C2(c3ccc(O)cc3)c3ccccc3C(=O)C2c2ccccc2)cc1. The standard InChI is InChI=1S/C27H21NO2/c28-21-14-10-19(11-15-21)27(20-12-16-22(29)17-13-20)24-9-5-4-8-23(24)26(30)25(27)18-6-2-1-3-7-18/h1-17,25,29H,28H2. The van der Waals surface area contributed by atoms with Crippen molar-refractivity contribution in [2.75, 3.05) is 5.73 Å². The van der Waals surface area contributed by atoms with Gasteiger partial charge in [-0.1, -0.05) is 78.9 Å². The lowest BCUT2D eigenvalue weighted by Crippen LogP contribution is -2.34. The van der Waals surface area contributed by atoms with Crippen molar-refractivity contribution in [3.05, 3.63) is 131 Å². The summed E-state index contributed by atoms with van der Waals surface area (Å²) in [6.07, 6.45) is 0. The van der Waals surface area contributed by atoms with Crippen LogP contribution in [0, 0.1) is 0 Å². The van der Waals surface area contributed by atoms with E-state index in [-0.39, 0.29) is 11.5 Å². The van der Waals surface area contributed by atoms with Crippen molar-refractivity contribution in [1.82, 2.24) is 0 Å². The number of Topliss-reactive ketones (excluding diaryl/α,β-unsaturated/α-hetero) is 1. The quantitative estimate of drug-likeness (QED) is 0.467. The van der Waals surface area contributed by atoms with E-state index in [9.17, 15) is 9.90 Å². The molecule has 4 aromatic carbocycles. The second-order valence-electron chi connectivity index (χ2n) is 7.73. The summed E-state index contributed by atoms with van der Waals surface area (Å²) < 4.78 is 0. The van der Waals surface area contributed by atoms with Gasteiger partial charge < -0.3 is 10.8 Å². The first-order valence-electron chi connectivity index (χ1n) is 9.96. The molecule has 5 rings (SSSR count). The number of benzene rings is 4. The first-order chi connectivity index (χ1) is 14.6. The maximum atomic E-state index is 13.8. The average Bonchev–Trinajstić information content (AvgIpc) is 3.05. The Morgan fingerprint density at radius 2 is 1.27 bits per heavy atom. The van der Waals surface area contributed by atoms with Crippen LogP contribution >= 0.6 is 0 Å². The molecule has 3 heteroatoms. The van der Waals surface area contributed by atoms with Gasteiger partial charge in [0.15, 0.2) is 5.78 Å². The topological polar surface area (TPSA) is 63.3 Å². The molecule has 0 heterocycles. The van der Waals surface area contributed by atoms with Crippen molar-refractivity contribution in [1.29, 1.82) is 0 Å². The van der Waals surface area contributed by atoms with Crippen molar-refractivity contribution in [3.8, 4) is 5.75 Å². The first-order valence-corrected chi connectivity index (χ1v) is 9.96. The van der Waals surface area contributed by atoms with Crippen LogP contribution < -0.4 is 5.73 Å². The van der Waals surface area contributed by atoms with E-state index in [4.69, 9.17) is 5.73 Å². The van der Waals surface area contributed by atoms with Crippen LogP contribution in [0.4, 0.5) is 5.69 Å². The highest BCUT2D eigenvalue weighted by Crippen LogP contribution is 2.56. The zero-order valence-corrected chi connectivity index (χ0v) is 16.3. The highest BCUT2D eigenvalue weighted by Gasteiger charge is 2.54. The Labute approximate surface area is 175 Å². The highest BCUT2D eigenvalue weighted by molar-refractivity contribution is 6.09. The molecule has 0 saturated carbocycles. The third kappa shape index (κ3) is 2.56. The number of hydrogen-bond donors (Lipinski definition) is 2. The van der Waals surface area contributed by atoms with Crippen molar-refractivity contribution in [3.63, 3.8) is 0 Å². The first kappa shape index (κ1) is 18.2. The van der Waals surface area contributed by atoms with Crippen LogP contribution in [0.25, 0.3) is 0 Å². The predicted octanol–water partition coefficient (Wildman–Crippen LogP) is 5.29. The van der Waals surface area contributed by atoms with Crippen molar-refractivity contribution >= 4 is 11.5 Å². The summed E-state index contributed by atoms with van der Waals surface area (Å²) in [5.41, 5.74) is 10.6. The summed E-state index contributed by atoms with van der Waals surface area (Å²) in [4.78, 5) is 13.8. The van der Waals surface area contributed by atoms with Crippen LogP contribution in [0.5, 0.6) is 5.75 Å². The smallest absolute Gasteiger partial charge is 0.172 e. The molecular formula is C27H21NO2. The third-order valence-electron chi connectivity index (χ3n) is 6.13. The third-order valence-corrected chi connectivity index (χ3v) is 6.13. The Morgan fingerprint density at radius 1 is 0.700 bits per heavy atom. The second kappa shape index (κ2) is 6.89. The van der Waals surface area contributed by atoms with Gasteiger partial charge in [0.25, 0.3) is 0 Å². The van der Waals surface area contributed by atoms with E-state index >= 15 is 0 Å². The summed E-state index contributed by atoms with van der Waals surface area (Å²) in [5, 5.41) is 9.94. The molecule has 0 radical (unpaired) electrons. The van der Waals surface area contributed by atoms with Crippen molar-refractivity contribution < 1.29 is 9.90 Å². The van der Waals surface area contributed by atoms with Crippen LogP contribution in [0.1, 0.15) is 38.5 Å². The van der Waals surface area contributed by atoms with Gasteiger partial charge in [0.1, 0.15) is 5.75 Å². The fourth-order valence-electron chi connectivity index (χ4n) is 4.88. The van der Waals surface area contributed by atoms with Crippen molar-refractivity contribution in [2.24, 2.45) is 0 Å². The molecular weight excluding hydrogens is 370 g/mol. The van der Waals surface area contributed by atoms with Gasteiger partial charge in [0.05, 0.1) is 11.3 Å². The van der Waals surface area contributed by atoms with Gasteiger partial charge in [0, 0.05) is 11.3 Å². The Hall–Kier alpha value is -3.85. The number of phenols is 1. The van der Waals surface area contributed by atoms with E-state index in [1.807, 2.05) is 91.0 Å². The predicted molar refractivity (Wildman–Crippen MR) is 119 cm³/mol. The minimum absolute atomic E-state index is 0.0988. The number of phenolic OH excluding ortho intramolecular Hbond substituents is 1. The average molecular weight is 391 g/mol. The number of nitrogen functional groups attached to an aromatic ring is 1. The maximum absolute atomic E-state index is 13.8. The Kier molecular flexibility index (Phi) is 4.18. The molecule has 146 valence electrons. The Morgan fingerprint density at radius 3 is 1.93 bits per heavy atom. The number of rotatable bonds is 3. The summed E-state index contributed by atoms with van der Waals surface area (Å²) in [5.74, 6) is -0.133. The van der Waals surface area contributed by atoms with Gasteiger partial charge in [-0.3, -0.25) is 4.79 Å². The summed E-state index contributed by atoms with van der Waals surface area (Å²) in [6.45, 7) is 0. The molecule has 0 aromatic heterocycles. The lowest BCUT2D eigenvalue weighted by atomic mass is 9.63. The minimum Gasteiger partial charge on any atom is -0.508 e. The number of ketones is 1. The van der Waals surface area contributed by atoms with Gasteiger partial charge in [-0.25, -0.2) is 0 Å². The fourth-order valence-corrected chi connectivity index (χ4v) is 4.88. The number of hydrogen-bond acceptors (Lipinski definition) is 3. The molecule has 0 spiro atoms. The summed E-state index contributed by atoms with van der Waals surface area (Å²) in [7, 11) is 0. The Balaban J connectivity index is 1.91. The molecule has 2 atom stereocenters. The normalized spacial score (nSPS) is 20.1. The van der Waals surface area contributed by atoms with E-state index in [2.05, 4.69) is 0 Å². The van der Waals surface area contributed by atoms with Gasteiger partial charge in [-0.15, -0.1) is 0 Å². The monoisotopic (exact) mass is 391 g/mol. The molecule has 0 aliphatic heterocycles. The zero-order chi connectivity index (χ0) is 20.7. The number of aromatic hydroxyl groups is 1. The number of anilines is 1. The fraction of sp³-hybridized carbons (Fsp3) is 0.0741. The van der Waals surface area contributed by atoms with Gasteiger partial charge in [-0.2, -0.15) is 0 Å². The maximum Gasteiger partial charge on any atom is 0.172 e. The van der Waals surface area contributed by atoms with Crippen molar-refractivity contribution in [2.45, 2.75) is 11.3 Å². The number of fused-ring (bicyclic) bond motifs is 1. The van der Waals surface area contributed by atoms with E-state index in [1.165, 1.54) is 0 Å². The van der Waals surface area contributed by atoms with Gasteiger partial charge in [0.2, 0.25) is 0 Å². The van der Waals surface area contributed by atoms with Gasteiger partial charge >= 0.3 is 0 Å². The zero-order valence-electron chi connectivity index (χ0n) is 16.3.